The molecule has 1 aromatic carbocycles. The van der Waals surface area contributed by atoms with Crippen molar-refractivity contribution in [2.45, 2.75) is 5.54 Å². The Hall–Kier alpha value is -2.47. The van der Waals surface area contributed by atoms with E-state index in [2.05, 4.69) is 10.3 Å². The molecule has 0 atom stereocenters. The number of carbonyl (C=O) groups excluding carboxylic acids is 1. The fraction of sp³-hybridized carbons (Fsp3) is 0.294. The number of anilines is 1. The van der Waals surface area contributed by atoms with Crippen LogP contribution in [0.25, 0.3) is 0 Å². The molecular weight excluding hydrogens is 297 g/mol. The van der Waals surface area contributed by atoms with Gasteiger partial charge in [0.05, 0.1) is 18.8 Å². The van der Waals surface area contributed by atoms with E-state index in [1.54, 1.807) is 30.3 Å². The second-order valence-corrected chi connectivity index (χ2v) is 5.81. The molecule has 1 amide bonds. The summed E-state index contributed by atoms with van der Waals surface area (Å²) in [7, 11) is 3.75. The van der Waals surface area contributed by atoms with Gasteiger partial charge in [0, 0.05) is 25.9 Å². The third-order valence-electron chi connectivity index (χ3n) is 3.91. The predicted molar refractivity (Wildman–Crippen MR) is 84.9 cm³/mol. The van der Waals surface area contributed by atoms with Crippen LogP contribution >= 0.6 is 0 Å². The first-order chi connectivity index (χ1) is 11.0. The van der Waals surface area contributed by atoms with Crippen LogP contribution in [0, 0.1) is 5.82 Å². The quantitative estimate of drug-likeness (QED) is 0.937. The first-order valence-electron chi connectivity index (χ1n) is 7.30. The Labute approximate surface area is 134 Å². The van der Waals surface area contributed by atoms with Crippen molar-refractivity contribution in [2.24, 2.45) is 0 Å². The second-order valence-electron chi connectivity index (χ2n) is 5.81. The van der Waals surface area contributed by atoms with Gasteiger partial charge in [-0.25, -0.2) is 9.37 Å². The molecule has 0 bridgehead atoms. The Bertz CT molecular complexity index is 712. The fourth-order valence-corrected chi connectivity index (χ4v) is 2.52. The first-order valence-corrected chi connectivity index (χ1v) is 7.30. The number of nitrogens with zero attached hydrogens (tertiary/aromatic N) is 2. The fourth-order valence-electron chi connectivity index (χ4n) is 2.52. The molecule has 1 N–H and O–H groups in total. The van der Waals surface area contributed by atoms with Crippen LogP contribution in [0.4, 0.5) is 10.2 Å². The van der Waals surface area contributed by atoms with E-state index >= 15 is 0 Å². The molecule has 0 unspecified atom stereocenters. The smallest absolute Gasteiger partial charge is 0.253 e. The van der Waals surface area contributed by atoms with Gasteiger partial charge >= 0.3 is 0 Å². The zero-order valence-corrected chi connectivity index (χ0v) is 13.0. The van der Waals surface area contributed by atoms with E-state index < -0.39 is 5.54 Å². The topological polar surface area (TPSA) is 54.5 Å². The van der Waals surface area contributed by atoms with Gasteiger partial charge in [0.2, 0.25) is 0 Å². The van der Waals surface area contributed by atoms with Gasteiger partial charge < -0.3 is 15.0 Å². The highest BCUT2D eigenvalue weighted by Gasteiger charge is 2.43. The summed E-state index contributed by atoms with van der Waals surface area (Å²) in [5.41, 5.74) is 0.0542. The Morgan fingerprint density at radius 1 is 1.26 bits per heavy atom. The summed E-state index contributed by atoms with van der Waals surface area (Å²) in [4.78, 5) is 18.5. The van der Waals surface area contributed by atoms with Crippen LogP contribution in [0.5, 0.6) is 0 Å². The number of hydrogen-bond acceptors (Lipinski definition) is 4. The molecule has 1 aliphatic heterocycles. The highest BCUT2D eigenvalue weighted by Crippen LogP contribution is 2.31. The number of rotatable bonds is 4. The minimum absolute atomic E-state index is 0.253. The molecule has 0 aliphatic carbocycles. The number of pyridine rings is 1. The van der Waals surface area contributed by atoms with Gasteiger partial charge in [0.15, 0.2) is 0 Å². The number of hydrogen-bond donors (Lipinski definition) is 1. The molecule has 2 heterocycles. The van der Waals surface area contributed by atoms with Crippen LogP contribution in [0.3, 0.4) is 0 Å². The second kappa shape index (κ2) is 5.96. The van der Waals surface area contributed by atoms with Gasteiger partial charge in [0.1, 0.15) is 17.2 Å². The largest absolute Gasteiger partial charge is 0.376 e. The van der Waals surface area contributed by atoms with Crippen LogP contribution in [0.15, 0.2) is 42.6 Å². The maximum absolute atomic E-state index is 14.1. The first kappa shape index (κ1) is 15.4. The van der Waals surface area contributed by atoms with E-state index in [9.17, 15) is 9.18 Å². The van der Waals surface area contributed by atoms with Crippen molar-refractivity contribution in [3.63, 3.8) is 0 Å². The summed E-state index contributed by atoms with van der Waals surface area (Å²) in [5, 5.41) is 2.89. The number of benzene rings is 1. The van der Waals surface area contributed by atoms with Crippen LogP contribution in [-0.2, 0) is 10.3 Å². The SMILES string of the molecule is CN(C)c1ccc(C(=O)NC2(c3ccccc3F)COC2)cn1. The predicted octanol–water partition coefficient (Wildman–Crippen LogP) is 1.94. The van der Waals surface area contributed by atoms with Crippen molar-refractivity contribution in [3.8, 4) is 0 Å². The number of halogens is 1. The molecule has 1 aliphatic rings. The van der Waals surface area contributed by atoms with Gasteiger partial charge in [-0.1, -0.05) is 18.2 Å². The Morgan fingerprint density at radius 2 is 2.00 bits per heavy atom. The normalized spacial score (nSPS) is 15.6. The molecule has 1 aromatic heterocycles. The van der Waals surface area contributed by atoms with Gasteiger partial charge in [-0.05, 0) is 18.2 Å². The van der Waals surface area contributed by atoms with Crippen molar-refractivity contribution < 1.29 is 13.9 Å². The monoisotopic (exact) mass is 315 g/mol. The van der Waals surface area contributed by atoms with Crippen molar-refractivity contribution in [2.75, 3.05) is 32.2 Å². The Kier molecular flexibility index (Phi) is 4.00. The number of amides is 1. The minimum Gasteiger partial charge on any atom is -0.376 e. The molecule has 3 rings (SSSR count). The van der Waals surface area contributed by atoms with Crippen molar-refractivity contribution in [1.29, 1.82) is 0 Å². The Balaban J connectivity index is 1.82. The van der Waals surface area contributed by atoms with Crippen LogP contribution in [0.2, 0.25) is 0 Å². The molecule has 23 heavy (non-hydrogen) atoms. The molecular formula is C17H18FN3O2. The summed E-state index contributed by atoms with van der Waals surface area (Å²) in [6.07, 6.45) is 1.51. The van der Waals surface area contributed by atoms with Gasteiger partial charge in [-0.2, -0.15) is 0 Å². The molecule has 120 valence electrons. The van der Waals surface area contributed by atoms with Gasteiger partial charge in [-0.15, -0.1) is 0 Å². The lowest BCUT2D eigenvalue weighted by atomic mass is 9.87. The maximum Gasteiger partial charge on any atom is 0.253 e. The average Bonchev–Trinajstić information content (AvgIpc) is 2.51. The van der Waals surface area contributed by atoms with E-state index in [0.29, 0.717) is 11.1 Å². The zero-order chi connectivity index (χ0) is 16.4. The van der Waals surface area contributed by atoms with E-state index in [0.717, 1.165) is 5.82 Å². The standard InChI is InChI=1S/C17H18FN3O2/c1-21(2)15-8-7-12(9-19-15)16(22)20-17(10-23-11-17)13-5-3-4-6-14(13)18/h3-9H,10-11H2,1-2H3,(H,20,22). The average molecular weight is 315 g/mol. The summed E-state index contributed by atoms with van der Waals surface area (Å²) < 4.78 is 19.3. The maximum atomic E-state index is 14.1. The minimum atomic E-state index is -0.817. The number of aromatic nitrogens is 1. The molecule has 1 fully saturated rings. The number of ether oxygens (including phenoxy) is 1. The highest BCUT2D eigenvalue weighted by molar-refractivity contribution is 5.94. The number of carbonyl (C=O) groups is 1. The molecule has 6 heteroatoms. The molecule has 0 spiro atoms. The molecule has 0 saturated carbocycles. The zero-order valence-electron chi connectivity index (χ0n) is 13.0. The van der Waals surface area contributed by atoms with Gasteiger partial charge in [-0.3, -0.25) is 4.79 Å². The summed E-state index contributed by atoms with van der Waals surface area (Å²) >= 11 is 0. The van der Waals surface area contributed by atoms with Crippen LogP contribution in [-0.4, -0.2) is 38.2 Å². The van der Waals surface area contributed by atoms with Crippen molar-refractivity contribution >= 4 is 11.7 Å². The van der Waals surface area contributed by atoms with Crippen LogP contribution in [0.1, 0.15) is 15.9 Å². The third-order valence-corrected chi connectivity index (χ3v) is 3.91. The molecule has 0 radical (unpaired) electrons. The highest BCUT2D eigenvalue weighted by atomic mass is 19.1. The van der Waals surface area contributed by atoms with Crippen LogP contribution < -0.4 is 10.2 Å². The lowest BCUT2D eigenvalue weighted by Crippen LogP contribution is -2.59. The van der Waals surface area contributed by atoms with E-state index in [1.165, 1.54) is 12.3 Å². The molecule has 1 saturated heterocycles. The van der Waals surface area contributed by atoms with E-state index in [-0.39, 0.29) is 24.9 Å². The summed E-state index contributed by atoms with van der Waals surface area (Å²) in [6.45, 7) is 0.506. The van der Waals surface area contributed by atoms with E-state index in [4.69, 9.17) is 4.74 Å². The number of nitrogens with one attached hydrogen (secondary N) is 1. The summed E-state index contributed by atoms with van der Waals surface area (Å²) in [5.74, 6) is 0.115. The lowest BCUT2D eigenvalue weighted by molar-refractivity contribution is -0.0749. The van der Waals surface area contributed by atoms with E-state index in [1.807, 2.05) is 19.0 Å². The molecule has 5 nitrogen and oxygen atoms in total. The lowest BCUT2D eigenvalue weighted by Gasteiger charge is -2.42. The van der Waals surface area contributed by atoms with Crippen molar-refractivity contribution in [3.05, 3.63) is 59.5 Å². The Morgan fingerprint density at radius 3 is 2.52 bits per heavy atom. The third kappa shape index (κ3) is 2.90. The summed E-state index contributed by atoms with van der Waals surface area (Å²) in [6, 6.07) is 9.89. The molecule has 2 aromatic rings. The van der Waals surface area contributed by atoms with Gasteiger partial charge in [0.25, 0.3) is 5.91 Å². The van der Waals surface area contributed by atoms with Crippen molar-refractivity contribution in [1.82, 2.24) is 10.3 Å².